The lowest BCUT2D eigenvalue weighted by atomic mass is 9.94. The van der Waals surface area contributed by atoms with E-state index < -0.39 is 0 Å². The van der Waals surface area contributed by atoms with Crippen LogP contribution in [0.5, 0.6) is 0 Å². The van der Waals surface area contributed by atoms with Gasteiger partial charge in [-0.1, -0.05) is 54.3 Å². The van der Waals surface area contributed by atoms with Crippen LogP contribution in [-0.4, -0.2) is 9.91 Å². The molecular weight excluding hydrogens is 324 g/mol. The number of nitro benzene ring substituents is 1. The number of benzene rings is 2. The van der Waals surface area contributed by atoms with Gasteiger partial charge >= 0.3 is 0 Å². The van der Waals surface area contributed by atoms with E-state index in [0.717, 1.165) is 34.0 Å². The fourth-order valence-corrected chi connectivity index (χ4v) is 3.12. The van der Waals surface area contributed by atoms with Crippen molar-refractivity contribution in [2.24, 2.45) is 0 Å². The molecule has 0 aliphatic heterocycles. The molecule has 0 amide bonds. The van der Waals surface area contributed by atoms with Crippen molar-refractivity contribution in [3.8, 4) is 23.0 Å². The van der Waals surface area contributed by atoms with Gasteiger partial charge in [-0.3, -0.25) is 15.1 Å². The van der Waals surface area contributed by atoms with E-state index in [9.17, 15) is 10.1 Å². The lowest BCUT2D eigenvalue weighted by Crippen LogP contribution is -1.94. The van der Waals surface area contributed by atoms with Crippen LogP contribution in [0.2, 0.25) is 0 Å². The molecule has 0 spiro atoms. The standard InChI is InChI=1S/C22H14N2O2/c25-24(26)21-12-6-5-10-19(21)18-14-13-17(16-8-3-1-2-4-9-16)22-20(18)11-7-15-23-22/h1,3,5-8,10-15H,2H2. The third-order valence-electron chi connectivity index (χ3n) is 4.29. The first-order chi connectivity index (χ1) is 12.8. The molecular formula is C22H14N2O2. The summed E-state index contributed by atoms with van der Waals surface area (Å²) in [5.41, 5.74) is 4.09. The van der Waals surface area contributed by atoms with Gasteiger partial charge in [0.05, 0.1) is 16.0 Å². The molecule has 0 fully saturated rings. The molecule has 1 aliphatic carbocycles. The van der Waals surface area contributed by atoms with Crippen molar-refractivity contribution in [1.82, 2.24) is 4.98 Å². The van der Waals surface area contributed by atoms with E-state index in [1.807, 2.05) is 48.6 Å². The fourth-order valence-electron chi connectivity index (χ4n) is 3.12. The zero-order valence-corrected chi connectivity index (χ0v) is 13.8. The second kappa shape index (κ2) is 6.66. The minimum atomic E-state index is -0.352. The number of hydrogen-bond donors (Lipinski definition) is 0. The first kappa shape index (κ1) is 15.8. The van der Waals surface area contributed by atoms with Gasteiger partial charge in [-0.15, -0.1) is 0 Å². The number of hydrogen-bond acceptors (Lipinski definition) is 3. The summed E-state index contributed by atoms with van der Waals surface area (Å²) in [6.45, 7) is 0. The summed E-state index contributed by atoms with van der Waals surface area (Å²) < 4.78 is 0. The molecule has 4 rings (SSSR count). The Hall–Kier alpha value is -3.71. The second-order valence-corrected chi connectivity index (χ2v) is 5.85. The van der Waals surface area contributed by atoms with Crippen molar-refractivity contribution in [3.05, 3.63) is 88.6 Å². The Balaban J connectivity index is 1.99. The Bertz CT molecular complexity index is 1150. The van der Waals surface area contributed by atoms with E-state index >= 15 is 0 Å². The van der Waals surface area contributed by atoms with Crippen LogP contribution < -0.4 is 0 Å². The van der Waals surface area contributed by atoms with Gasteiger partial charge in [-0.25, -0.2) is 0 Å². The zero-order valence-electron chi connectivity index (χ0n) is 13.8. The van der Waals surface area contributed by atoms with Crippen LogP contribution in [0, 0.1) is 22.0 Å². The molecule has 0 saturated heterocycles. The molecule has 2 aromatic carbocycles. The third kappa shape index (κ3) is 2.76. The van der Waals surface area contributed by atoms with Crippen molar-refractivity contribution >= 4 is 22.2 Å². The van der Waals surface area contributed by atoms with Crippen LogP contribution in [0.15, 0.2) is 73.0 Å². The predicted molar refractivity (Wildman–Crippen MR) is 103 cm³/mol. The van der Waals surface area contributed by atoms with Crippen LogP contribution in [0.3, 0.4) is 0 Å². The molecule has 4 heteroatoms. The highest BCUT2D eigenvalue weighted by molar-refractivity contribution is 6.03. The predicted octanol–water partition coefficient (Wildman–Crippen LogP) is 5.16. The molecule has 0 N–H and O–H groups in total. The Morgan fingerprint density at radius 2 is 1.85 bits per heavy atom. The Morgan fingerprint density at radius 1 is 1.00 bits per heavy atom. The van der Waals surface area contributed by atoms with Crippen molar-refractivity contribution in [1.29, 1.82) is 0 Å². The quantitative estimate of drug-likeness (QED) is 0.377. The minimum absolute atomic E-state index is 0.0850. The summed E-state index contributed by atoms with van der Waals surface area (Å²) in [4.78, 5) is 15.6. The van der Waals surface area contributed by atoms with Crippen molar-refractivity contribution < 1.29 is 4.92 Å². The average Bonchev–Trinajstić information content (AvgIpc) is 2.96. The van der Waals surface area contributed by atoms with Crippen molar-refractivity contribution in [3.63, 3.8) is 0 Å². The zero-order chi connectivity index (χ0) is 17.9. The molecule has 0 bridgehead atoms. The van der Waals surface area contributed by atoms with Crippen molar-refractivity contribution in [2.45, 2.75) is 6.42 Å². The first-order valence-corrected chi connectivity index (χ1v) is 8.23. The minimum Gasteiger partial charge on any atom is -0.258 e. The summed E-state index contributed by atoms with van der Waals surface area (Å²) in [6, 6.07) is 14.4. The second-order valence-electron chi connectivity index (χ2n) is 5.85. The van der Waals surface area contributed by atoms with Gasteiger partial charge in [0.25, 0.3) is 5.69 Å². The lowest BCUT2D eigenvalue weighted by Gasteiger charge is -2.11. The molecule has 1 aromatic heterocycles. The number of para-hydroxylation sites is 1. The molecule has 1 aliphatic rings. The van der Waals surface area contributed by atoms with Gasteiger partial charge in [0.2, 0.25) is 0 Å². The van der Waals surface area contributed by atoms with E-state index in [2.05, 4.69) is 16.8 Å². The van der Waals surface area contributed by atoms with Gasteiger partial charge in [-0.05, 0) is 23.8 Å². The molecule has 124 valence electrons. The Morgan fingerprint density at radius 3 is 2.73 bits per heavy atom. The van der Waals surface area contributed by atoms with Crippen LogP contribution >= 0.6 is 0 Å². The first-order valence-electron chi connectivity index (χ1n) is 8.23. The van der Waals surface area contributed by atoms with Crippen LogP contribution in [0.25, 0.3) is 27.6 Å². The summed E-state index contributed by atoms with van der Waals surface area (Å²) in [5, 5.41) is 12.3. The maximum atomic E-state index is 11.4. The number of nitrogens with zero attached hydrogens (tertiary/aromatic N) is 2. The number of rotatable bonds is 3. The summed E-state index contributed by atoms with van der Waals surface area (Å²) >= 11 is 0. The van der Waals surface area contributed by atoms with Gasteiger partial charge in [0.15, 0.2) is 0 Å². The molecule has 4 nitrogen and oxygen atoms in total. The third-order valence-corrected chi connectivity index (χ3v) is 4.29. The SMILES string of the molecule is O=[N+]([O-])c1ccccc1-c1ccc(C2=CC=CCC#C2)c2ncccc12. The van der Waals surface area contributed by atoms with E-state index in [1.165, 1.54) is 6.07 Å². The van der Waals surface area contributed by atoms with E-state index in [1.54, 1.807) is 18.3 Å². The number of fused-ring (bicyclic) bond motifs is 1. The summed E-state index contributed by atoms with van der Waals surface area (Å²) in [7, 11) is 0. The highest BCUT2D eigenvalue weighted by atomic mass is 16.6. The fraction of sp³-hybridized carbons (Fsp3) is 0.0455. The van der Waals surface area contributed by atoms with Gasteiger partial charge in [0.1, 0.15) is 0 Å². The normalized spacial score (nSPS) is 12.8. The number of allylic oxidation sites excluding steroid dienone is 4. The average molecular weight is 338 g/mol. The largest absolute Gasteiger partial charge is 0.277 e. The molecule has 0 radical (unpaired) electrons. The monoisotopic (exact) mass is 338 g/mol. The topological polar surface area (TPSA) is 56.0 Å². The van der Waals surface area contributed by atoms with Gasteiger partial charge in [-0.2, -0.15) is 0 Å². The number of nitro groups is 1. The Kier molecular flexibility index (Phi) is 4.04. The molecule has 3 aromatic rings. The highest BCUT2D eigenvalue weighted by Gasteiger charge is 2.18. The molecule has 0 atom stereocenters. The van der Waals surface area contributed by atoms with Crippen LogP contribution in [0.4, 0.5) is 5.69 Å². The smallest absolute Gasteiger partial charge is 0.258 e. The molecule has 1 heterocycles. The molecule has 0 unspecified atom stereocenters. The van der Waals surface area contributed by atoms with Gasteiger partial charge < -0.3 is 0 Å². The van der Waals surface area contributed by atoms with Gasteiger partial charge in [0, 0.05) is 35.2 Å². The van der Waals surface area contributed by atoms with Crippen molar-refractivity contribution in [2.75, 3.05) is 0 Å². The molecule has 0 saturated carbocycles. The lowest BCUT2D eigenvalue weighted by molar-refractivity contribution is -0.384. The van der Waals surface area contributed by atoms with Crippen LogP contribution in [-0.2, 0) is 0 Å². The highest BCUT2D eigenvalue weighted by Crippen LogP contribution is 2.36. The molecule has 26 heavy (non-hydrogen) atoms. The van der Waals surface area contributed by atoms with E-state index in [4.69, 9.17) is 0 Å². The van der Waals surface area contributed by atoms with Crippen LogP contribution in [0.1, 0.15) is 12.0 Å². The van der Waals surface area contributed by atoms with E-state index in [-0.39, 0.29) is 10.6 Å². The number of pyridine rings is 1. The maximum absolute atomic E-state index is 11.4. The summed E-state index contributed by atoms with van der Waals surface area (Å²) in [6.07, 6.45) is 8.42. The number of aromatic nitrogens is 1. The Labute approximate surface area is 150 Å². The maximum Gasteiger partial charge on any atom is 0.277 e. The van der Waals surface area contributed by atoms with E-state index in [0.29, 0.717) is 5.56 Å². The summed E-state index contributed by atoms with van der Waals surface area (Å²) in [5.74, 6) is 6.29.